The summed E-state index contributed by atoms with van der Waals surface area (Å²) in [4.78, 5) is 35.2. The second-order valence-corrected chi connectivity index (χ2v) is 5.33. The lowest BCUT2D eigenvalue weighted by atomic mass is 9.99. The third kappa shape index (κ3) is 3.36. The van der Waals surface area contributed by atoms with Gasteiger partial charge in [-0.2, -0.15) is 0 Å². The molecule has 0 aromatic heterocycles. The summed E-state index contributed by atoms with van der Waals surface area (Å²) >= 11 is 0. The van der Waals surface area contributed by atoms with Gasteiger partial charge in [-0.15, -0.1) is 0 Å². The molecular formula is C14H16N2O5. The summed E-state index contributed by atoms with van der Waals surface area (Å²) in [6.45, 7) is 3.22. The highest BCUT2D eigenvalue weighted by molar-refractivity contribution is 5.98. The molecular weight excluding hydrogens is 276 g/mol. The number of piperidine rings is 1. The van der Waals surface area contributed by atoms with E-state index in [9.17, 15) is 19.7 Å². The molecule has 1 aromatic carbocycles. The number of nitro benzene ring substituents is 1. The SMILES string of the molecule is CC1CCCN(C(=O)c2cc(C(=O)O)cc([N+](=O)[O-])c2)C1. The van der Waals surface area contributed by atoms with Gasteiger partial charge in [0.2, 0.25) is 0 Å². The van der Waals surface area contributed by atoms with Crippen molar-refractivity contribution in [3.8, 4) is 0 Å². The Morgan fingerprint density at radius 1 is 1.33 bits per heavy atom. The highest BCUT2D eigenvalue weighted by Gasteiger charge is 2.24. The molecule has 1 amide bonds. The maximum atomic E-state index is 12.4. The van der Waals surface area contributed by atoms with E-state index in [4.69, 9.17) is 5.11 Å². The second kappa shape index (κ2) is 5.90. The van der Waals surface area contributed by atoms with Crippen molar-refractivity contribution in [2.24, 2.45) is 5.92 Å². The molecule has 1 N–H and O–H groups in total. The lowest BCUT2D eigenvalue weighted by molar-refractivity contribution is -0.384. The molecule has 1 saturated heterocycles. The van der Waals surface area contributed by atoms with Crippen LogP contribution in [0.4, 0.5) is 5.69 Å². The molecule has 0 aliphatic carbocycles. The number of non-ortho nitro benzene ring substituents is 1. The average molecular weight is 292 g/mol. The van der Waals surface area contributed by atoms with Gasteiger partial charge in [-0.3, -0.25) is 14.9 Å². The van der Waals surface area contributed by atoms with Crippen molar-refractivity contribution in [1.82, 2.24) is 4.90 Å². The quantitative estimate of drug-likeness (QED) is 0.679. The highest BCUT2D eigenvalue weighted by Crippen LogP contribution is 2.22. The summed E-state index contributed by atoms with van der Waals surface area (Å²) in [6.07, 6.45) is 1.92. The third-order valence-corrected chi connectivity index (χ3v) is 3.57. The summed E-state index contributed by atoms with van der Waals surface area (Å²) in [5.74, 6) is -1.27. The number of hydrogen-bond donors (Lipinski definition) is 1. The van der Waals surface area contributed by atoms with Crippen LogP contribution in [0.1, 0.15) is 40.5 Å². The van der Waals surface area contributed by atoms with Crippen LogP contribution >= 0.6 is 0 Å². The van der Waals surface area contributed by atoms with Crippen LogP contribution < -0.4 is 0 Å². The van der Waals surface area contributed by atoms with E-state index in [1.165, 1.54) is 6.07 Å². The second-order valence-electron chi connectivity index (χ2n) is 5.33. The fourth-order valence-corrected chi connectivity index (χ4v) is 2.52. The molecule has 7 heteroatoms. The summed E-state index contributed by atoms with van der Waals surface area (Å²) in [5, 5.41) is 19.9. The highest BCUT2D eigenvalue weighted by atomic mass is 16.6. The van der Waals surface area contributed by atoms with Gasteiger partial charge in [-0.05, 0) is 24.8 Å². The molecule has 112 valence electrons. The van der Waals surface area contributed by atoms with Gasteiger partial charge < -0.3 is 10.0 Å². The molecule has 1 fully saturated rings. The molecule has 1 aliphatic heterocycles. The Bertz CT molecular complexity index is 567. The minimum absolute atomic E-state index is 0.0516. The summed E-state index contributed by atoms with van der Waals surface area (Å²) in [6, 6.07) is 3.28. The Labute approximate surface area is 121 Å². The molecule has 21 heavy (non-hydrogen) atoms. The first-order valence-electron chi connectivity index (χ1n) is 6.70. The minimum atomic E-state index is -1.29. The third-order valence-electron chi connectivity index (χ3n) is 3.57. The number of hydrogen-bond acceptors (Lipinski definition) is 4. The van der Waals surface area contributed by atoms with Crippen molar-refractivity contribution < 1.29 is 19.6 Å². The van der Waals surface area contributed by atoms with Crippen molar-refractivity contribution in [3.63, 3.8) is 0 Å². The zero-order valence-electron chi connectivity index (χ0n) is 11.6. The molecule has 1 aliphatic rings. The average Bonchev–Trinajstić information content (AvgIpc) is 2.45. The van der Waals surface area contributed by atoms with Crippen molar-refractivity contribution in [1.29, 1.82) is 0 Å². The van der Waals surface area contributed by atoms with Crippen molar-refractivity contribution >= 4 is 17.6 Å². The first kappa shape index (κ1) is 15.0. The van der Waals surface area contributed by atoms with Crippen molar-refractivity contribution in [3.05, 3.63) is 39.4 Å². The number of carbonyl (C=O) groups is 2. The van der Waals surface area contributed by atoms with Gasteiger partial charge in [0.1, 0.15) is 0 Å². The predicted octanol–water partition coefficient (Wildman–Crippen LogP) is 2.17. The Kier molecular flexibility index (Phi) is 4.21. The van der Waals surface area contributed by atoms with Gasteiger partial charge in [0.25, 0.3) is 11.6 Å². The molecule has 1 heterocycles. The molecule has 1 atom stereocenters. The Morgan fingerprint density at radius 3 is 2.57 bits per heavy atom. The van der Waals surface area contributed by atoms with E-state index in [0.717, 1.165) is 25.0 Å². The van der Waals surface area contributed by atoms with E-state index >= 15 is 0 Å². The molecule has 0 bridgehead atoms. The zero-order chi connectivity index (χ0) is 15.6. The van der Waals surface area contributed by atoms with Gasteiger partial charge in [-0.25, -0.2) is 4.79 Å². The molecule has 1 unspecified atom stereocenters. The normalized spacial score (nSPS) is 18.3. The maximum Gasteiger partial charge on any atom is 0.335 e. The van der Waals surface area contributed by atoms with Gasteiger partial charge in [-0.1, -0.05) is 6.92 Å². The van der Waals surface area contributed by atoms with E-state index in [1.807, 2.05) is 6.92 Å². The van der Waals surface area contributed by atoms with Crippen LogP contribution in [0.25, 0.3) is 0 Å². The van der Waals surface area contributed by atoms with E-state index in [0.29, 0.717) is 19.0 Å². The van der Waals surface area contributed by atoms with Crippen LogP contribution in [0.3, 0.4) is 0 Å². The number of benzene rings is 1. The van der Waals surface area contributed by atoms with Crippen LogP contribution in [0.15, 0.2) is 18.2 Å². The Hall–Kier alpha value is -2.44. The van der Waals surface area contributed by atoms with E-state index in [2.05, 4.69) is 0 Å². The number of carboxylic acid groups (broad SMARTS) is 1. The van der Waals surface area contributed by atoms with Crippen molar-refractivity contribution in [2.45, 2.75) is 19.8 Å². The number of carboxylic acids is 1. The van der Waals surface area contributed by atoms with Crippen LogP contribution in [-0.2, 0) is 0 Å². The molecule has 0 spiro atoms. The molecule has 0 saturated carbocycles. The fraction of sp³-hybridized carbons (Fsp3) is 0.429. The van der Waals surface area contributed by atoms with E-state index in [1.54, 1.807) is 4.90 Å². The molecule has 7 nitrogen and oxygen atoms in total. The number of carbonyl (C=O) groups excluding carboxylic acids is 1. The molecule has 0 radical (unpaired) electrons. The van der Waals surface area contributed by atoms with Gasteiger partial charge >= 0.3 is 5.97 Å². The topological polar surface area (TPSA) is 101 Å². The predicted molar refractivity (Wildman–Crippen MR) is 74.4 cm³/mol. The lowest BCUT2D eigenvalue weighted by Crippen LogP contribution is -2.39. The number of rotatable bonds is 3. The molecule has 1 aromatic rings. The van der Waals surface area contributed by atoms with Gasteiger partial charge in [0, 0.05) is 30.8 Å². The van der Waals surface area contributed by atoms with E-state index in [-0.39, 0.29) is 22.7 Å². The van der Waals surface area contributed by atoms with Crippen LogP contribution in [-0.4, -0.2) is 39.9 Å². The number of aromatic carboxylic acids is 1. The first-order chi connectivity index (χ1) is 9.88. The summed E-state index contributed by atoms with van der Waals surface area (Å²) in [7, 11) is 0. The van der Waals surface area contributed by atoms with Gasteiger partial charge in [0.15, 0.2) is 0 Å². The maximum absolute atomic E-state index is 12.4. The zero-order valence-corrected chi connectivity index (χ0v) is 11.6. The largest absolute Gasteiger partial charge is 0.478 e. The van der Waals surface area contributed by atoms with Crippen LogP contribution in [0, 0.1) is 16.0 Å². The standard InChI is InChI=1S/C14H16N2O5/c1-9-3-2-4-15(8-9)13(17)10-5-11(14(18)19)7-12(6-10)16(20)21/h5-7,9H,2-4,8H2,1H3,(H,18,19). The number of nitro groups is 1. The Morgan fingerprint density at radius 2 is 2.00 bits per heavy atom. The summed E-state index contributed by atoms with van der Waals surface area (Å²) in [5.41, 5.74) is -0.586. The van der Waals surface area contributed by atoms with E-state index < -0.39 is 10.9 Å². The molecule has 2 rings (SSSR count). The number of amides is 1. The Balaban J connectivity index is 2.35. The lowest BCUT2D eigenvalue weighted by Gasteiger charge is -2.31. The van der Waals surface area contributed by atoms with Crippen LogP contribution in [0.5, 0.6) is 0 Å². The van der Waals surface area contributed by atoms with Crippen molar-refractivity contribution in [2.75, 3.05) is 13.1 Å². The first-order valence-corrected chi connectivity index (χ1v) is 6.70. The monoisotopic (exact) mass is 292 g/mol. The minimum Gasteiger partial charge on any atom is -0.478 e. The van der Waals surface area contributed by atoms with Gasteiger partial charge in [0.05, 0.1) is 10.5 Å². The van der Waals surface area contributed by atoms with Crippen LogP contribution in [0.2, 0.25) is 0 Å². The smallest absolute Gasteiger partial charge is 0.335 e. The fourth-order valence-electron chi connectivity index (χ4n) is 2.52. The number of likely N-dealkylation sites (tertiary alicyclic amines) is 1. The summed E-state index contributed by atoms with van der Waals surface area (Å²) < 4.78 is 0. The number of nitrogens with zero attached hydrogens (tertiary/aromatic N) is 2.